The number of nitro groups is 1. The molecule has 1 aromatic rings. The fraction of sp³-hybridized carbons (Fsp3) is 0.692. The Kier molecular flexibility index (Phi) is 5.26. The second-order valence-corrected chi connectivity index (χ2v) is 5.38. The molecule has 8 nitrogen and oxygen atoms in total. The molecule has 0 spiro atoms. The van der Waals surface area contributed by atoms with Crippen molar-refractivity contribution in [2.75, 3.05) is 17.7 Å². The van der Waals surface area contributed by atoms with Crippen molar-refractivity contribution in [3.8, 4) is 0 Å². The van der Waals surface area contributed by atoms with E-state index in [0.29, 0.717) is 12.3 Å². The third-order valence-corrected chi connectivity index (χ3v) is 3.97. The lowest BCUT2D eigenvalue weighted by molar-refractivity contribution is -0.384. The van der Waals surface area contributed by atoms with Crippen molar-refractivity contribution in [2.45, 2.75) is 44.6 Å². The van der Waals surface area contributed by atoms with Crippen molar-refractivity contribution in [3.05, 3.63) is 16.3 Å². The molecule has 0 unspecified atom stereocenters. The van der Waals surface area contributed by atoms with Gasteiger partial charge in [-0.3, -0.25) is 10.1 Å². The van der Waals surface area contributed by atoms with Gasteiger partial charge < -0.3 is 16.2 Å². The summed E-state index contributed by atoms with van der Waals surface area (Å²) in [4.78, 5) is 18.0. The number of aromatic nitrogens is 2. The van der Waals surface area contributed by atoms with Gasteiger partial charge in [0.05, 0.1) is 4.92 Å². The van der Waals surface area contributed by atoms with E-state index < -0.39 is 4.92 Å². The van der Waals surface area contributed by atoms with Crippen LogP contribution in [0.5, 0.6) is 0 Å². The minimum Gasteiger partial charge on any atom is -0.396 e. The number of hydrogen-bond acceptors (Lipinski definition) is 7. The minimum absolute atomic E-state index is 0.0659. The van der Waals surface area contributed by atoms with Crippen LogP contribution in [0.25, 0.3) is 0 Å². The largest absolute Gasteiger partial charge is 0.396 e. The minimum atomic E-state index is -0.606. The lowest BCUT2D eigenvalue weighted by atomic mass is 9.83. The highest BCUT2D eigenvalue weighted by atomic mass is 16.6. The molecular formula is C13H21N5O3. The van der Waals surface area contributed by atoms with Gasteiger partial charge >= 0.3 is 5.69 Å². The Morgan fingerprint density at radius 1 is 1.48 bits per heavy atom. The maximum absolute atomic E-state index is 10.7. The second-order valence-electron chi connectivity index (χ2n) is 5.38. The van der Waals surface area contributed by atoms with Gasteiger partial charge in [-0.25, -0.2) is 4.98 Å². The van der Waals surface area contributed by atoms with E-state index in [-0.39, 0.29) is 30.1 Å². The van der Waals surface area contributed by atoms with Gasteiger partial charge in [0, 0.05) is 12.6 Å². The van der Waals surface area contributed by atoms with Gasteiger partial charge in [-0.15, -0.1) is 0 Å². The van der Waals surface area contributed by atoms with Gasteiger partial charge in [0.25, 0.3) is 0 Å². The average molecular weight is 295 g/mol. The maximum Gasteiger partial charge on any atom is 0.329 e. The Morgan fingerprint density at radius 3 is 2.76 bits per heavy atom. The summed E-state index contributed by atoms with van der Waals surface area (Å²) in [5, 5.41) is 23.1. The van der Waals surface area contributed by atoms with E-state index in [4.69, 9.17) is 5.73 Å². The summed E-state index contributed by atoms with van der Waals surface area (Å²) in [6.07, 6.45) is 7.57. The van der Waals surface area contributed by atoms with E-state index in [9.17, 15) is 15.2 Å². The van der Waals surface area contributed by atoms with E-state index in [1.54, 1.807) is 0 Å². The molecule has 116 valence electrons. The van der Waals surface area contributed by atoms with Gasteiger partial charge in [0.15, 0.2) is 0 Å². The number of nitrogens with zero attached hydrogens (tertiary/aromatic N) is 3. The van der Waals surface area contributed by atoms with Crippen LogP contribution in [0.1, 0.15) is 38.5 Å². The number of rotatable bonds is 6. The van der Waals surface area contributed by atoms with Gasteiger partial charge in [0.2, 0.25) is 11.8 Å². The van der Waals surface area contributed by atoms with E-state index >= 15 is 0 Å². The van der Waals surface area contributed by atoms with Crippen molar-refractivity contribution >= 4 is 17.5 Å². The Labute approximate surface area is 122 Å². The van der Waals surface area contributed by atoms with Crippen LogP contribution < -0.4 is 11.1 Å². The van der Waals surface area contributed by atoms with Crippen LogP contribution in [-0.2, 0) is 0 Å². The second kappa shape index (κ2) is 7.16. The van der Waals surface area contributed by atoms with Crippen molar-refractivity contribution in [1.82, 2.24) is 9.97 Å². The number of aliphatic hydroxyl groups excluding tert-OH is 1. The molecular weight excluding hydrogens is 274 g/mol. The molecule has 1 saturated carbocycles. The molecule has 1 atom stereocenters. The molecule has 1 aliphatic carbocycles. The summed E-state index contributed by atoms with van der Waals surface area (Å²) in [6, 6.07) is 0.0659. The summed E-state index contributed by atoms with van der Waals surface area (Å²) < 4.78 is 0. The zero-order chi connectivity index (χ0) is 15.2. The Bertz CT molecular complexity index is 491. The van der Waals surface area contributed by atoms with E-state index in [2.05, 4.69) is 15.3 Å². The van der Waals surface area contributed by atoms with Gasteiger partial charge in [-0.1, -0.05) is 19.3 Å². The van der Waals surface area contributed by atoms with E-state index in [0.717, 1.165) is 19.0 Å². The third-order valence-electron chi connectivity index (χ3n) is 3.97. The highest BCUT2D eigenvalue weighted by Gasteiger charge is 2.24. The molecule has 21 heavy (non-hydrogen) atoms. The van der Waals surface area contributed by atoms with Crippen LogP contribution in [0.4, 0.5) is 17.5 Å². The van der Waals surface area contributed by atoms with Gasteiger partial charge in [-0.05, 0) is 25.2 Å². The molecule has 1 aliphatic rings. The number of aliphatic hydroxyl groups is 1. The Morgan fingerprint density at radius 2 is 2.19 bits per heavy atom. The monoisotopic (exact) mass is 295 g/mol. The molecule has 0 aromatic carbocycles. The smallest absolute Gasteiger partial charge is 0.329 e. The van der Waals surface area contributed by atoms with Crippen LogP contribution in [0.3, 0.4) is 0 Å². The molecule has 0 saturated heterocycles. The molecule has 4 N–H and O–H groups in total. The van der Waals surface area contributed by atoms with E-state index in [1.165, 1.54) is 19.3 Å². The molecule has 1 heterocycles. The maximum atomic E-state index is 10.7. The van der Waals surface area contributed by atoms with Crippen LogP contribution in [0.15, 0.2) is 6.20 Å². The van der Waals surface area contributed by atoms with Crippen molar-refractivity contribution < 1.29 is 10.0 Å². The number of nitrogens with one attached hydrogen (secondary N) is 1. The molecule has 0 bridgehead atoms. The first-order valence-electron chi connectivity index (χ1n) is 7.26. The highest BCUT2D eigenvalue weighted by molar-refractivity contribution is 5.53. The first kappa shape index (κ1) is 15.4. The summed E-state index contributed by atoms with van der Waals surface area (Å²) >= 11 is 0. The highest BCUT2D eigenvalue weighted by Crippen LogP contribution is 2.29. The summed E-state index contributed by atoms with van der Waals surface area (Å²) in [5.41, 5.74) is 5.27. The quantitative estimate of drug-likeness (QED) is 0.538. The Balaban J connectivity index is 2.09. The third kappa shape index (κ3) is 4.01. The topological polar surface area (TPSA) is 127 Å². The fourth-order valence-corrected chi connectivity index (χ4v) is 2.87. The van der Waals surface area contributed by atoms with Crippen molar-refractivity contribution in [3.63, 3.8) is 0 Å². The van der Waals surface area contributed by atoms with Crippen LogP contribution in [0, 0.1) is 16.0 Å². The fourth-order valence-electron chi connectivity index (χ4n) is 2.87. The first-order chi connectivity index (χ1) is 10.1. The molecule has 1 aromatic heterocycles. The van der Waals surface area contributed by atoms with Crippen LogP contribution in [-0.4, -0.2) is 32.6 Å². The number of nitrogens with two attached hydrogens (primary N) is 1. The molecule has 0 radical (unpaired) electrons. The first-order valence-corrected chi connectivity index (χ1v) is 7.26. The van der Waals surface area contributed by atoms with Gasteiger partial charge in [-0.2, -0.15) is 4.98 Å². The molecule has 1 fully saturated rings. The number of hydrogen-bond donors (Lipinski definition) is 3. The zero-order valence-corrected chi connectivity index (χ0v) is 11.9. The van der Waals surface area contributed by atoms with Crippen molar-refractivity contribution in [1.29, 1.82) is 0 Å². The lowest BCUT2D eigenvalue weighted by Crippen LogP contribution is -2.32. The SMILES string of the molecule is Nc1nc(N[C@H](CCO)C2CCCCC2)ncc1[N+](=O)[O-]. The molecule has 0 aliphatic heterocycles. The van der Waals surface area contributed by atoms with E-state index in [1.807, 2.05) is 0 Å². The summed E-state index contributed by atoms with van der Waals surface area (Å²) in [6.45, 7) is 0.0800. The Hall–Kier alpha value is -1.96. The summed E-state index contributed by atoms with van der Waals surface area (Å²) in [7, 11) is 0. The van der Waals surface area contributed by atoms with Gasteiger partial charge in [0.1, 0.15) is 6.20 Å². The average Bonchev–Trinajstić information content (AvgIpc) is 2.47. The van der Waals surface area contributed by atoms with Crippen LogP contribution in [0.2, 0.25) is 0 Å². The predicted octanol–water partition coefficient (Wildman–Crippen LogP) is 1.71. The number of anilines is 2. The normalized spacial score (nSPS) is 17.4. The van der Waals surface area contributed by atoms with Crippen molar-refractivity contribution in [2.24, 2.45) is 5.92 Å². The lowest BCUT2D eigenvalue weighted by Gasteiger charge is -2.30. The predicted molar refractivity (Wildman–Crippen MR) is 78.8 cm³/mol. The molecule has 8 heteroatoms. The summed E-state index contributed by atoms with van der Waals surface area (Å²) in [5.74, 6) is 0.594. The zero-order valence-electron chi connectivity index (χ0n) is 11.9. The number of nitrogen functional groups attached to an aromatic ring is 1. The standard InChI is InChI=1S/C13H21N5O3/c14-12-11(18(20)21)8-15-13(17-12)16-10(6-7-19)9-4-2-1-3-5-9/h8-10,19H,1-7H2,(H3,14,15,16,17)/t10-/m1/s1. The molecule has 2 rings (SSSR count). The van der Waals surface area contributed by atoms with Crippen LogP contribution >= 0.6 is 0 Å². The molecule has 0 amide bonds.